The lowest BCUT2D eigenvalue weighted by atomic mass is 9.87. The second-order valence-electron chi connectivity index (χ2n) is 4.33. The van der Waals surface area contributed by atoms with Gasteiger partial charge in [0, 0.05) is 38.8 Å². The molecule has 0 spiro atoms. The van der Waals surface area contributed by atoms with Crippen LogP contribution in [0.2, 0.25) is 0 Å². The lowest BCUT2D eigenvalue weighted by Gasteiger charge is -2.45. The normalized spacial score (nSPS) is 41.5. The fraction of sp³-hybridized carbons (Fsp3) is 1.00. The minimum atomic E-state index is 0.537. The van der Waals surface area contributed by atoms with E-state index in [9.17, 15) is 0 Å². The van der Waals surface area contributed by atoms with Crippen LogP contribution in [-0.2, 0) is 4.74 Å². The van der Waals surface area contributed by atoms with E-state index in [0.29, 0.717) is 12.1 Å². The molecule has 1 saturated carbocycles. The Balaban J connectivity index is 1.75. The number of rotatable bonds is 2. The number of nitrogens with zero attached hydrogens (tertiary/aromatic N) is 1. The molecule has 0 aromatic heterocycles. The molecule has 1 N–H and O–H groups in total. The molecule has 1 atom stereocenters. The molecule has 3 nitrogen and oxygen atoms in total. The van der Waals surface area contributed by atoms with Gasteiger partial charge in [-0.1, -0.05) is 0 Å². The molecule has 0 aromatic rings. The average Bonchev–Trinajstić information content (AvgIpc) is 2.02. The summed E-state index contributed by atoms with van der Waals surface area (Å²) >= 11 is 0. The van der Waals surface area contributed by atoms with Gasteiger partial charge in [-0.2, -0.15) is 0 Å². The van der Waals surface area contributed by atoms with Crippen LogP contribution in [0, 0.1) is 0 Å². The van der Waals surface area contributed by atoms with Gasteiger partial charge in [-0.05, 0) is 19.8 Å². The van der Waals surface area contributed by atoms with Crippen LogP contribution in [-0.4, -0.2) is 49.8 Å². The van der Waals surface area contributed by atoms with Crippen molar-refractivity contribution in [3.8, 4) is 0 Å². The van der Waals surface area contributed by atoms with Gasteiger partial charge in [0.2, 0.25) is 0 Å². The zero-order valence-electron chi connectivity index (χ0n) is 8.62. The van der Waals surface area contributed by atoms with E-state index >= 15 is 0 Å². The van der Waals surface area contributed by atoms with Crippen LogP contribution in [0.4, 0.5) is 0 Å². The SMILES string of the molecule is CO[C@H]1C[C@H](N2CCN[C@@H](C)C2)C1. The summed E-state index contributed by atoms with van der Waals surface area (Å²) in [7, 11) is 1.82. The minimum absolute atomic E-state index is 0.537. The Morgan fingerprint density at radius 2 is 2.15 bits per heavy atom. The van der Waals surface area contributed by atoms with Gasteiger partial charge in [-0.25, -0.2) is 0 Å². The highest BCUT2D eigenvalue weighted by atomic mass is 16.5. The van der Waals surface area contributed by atoms with E-state index in [-0.39, 0.29) is 0 Å². The molecule has 0 amide bonds. The van der Waals surface area contributed by atoms with E-state index in [0.717, 1.165) is 12.6 Å². The van der Waals surface area contributed by atoms with E-state index in [1.807, 2.05) is 7.11 Å². The molecule has 2 rings (SSSR count). The van der Waals surface area contributed by atoms with Crippen LogP contribution >= 0.6 is 0 Å². The van der Waals surface area contributed by atoms with Gasteiger partial charge in [0.05, 0.1) is 6.10 Å². The highest BCUT2D eigenvalue weighted by Crippen LogP contribution is 2.28. The lowest BCUT2D eigenvalue weighted by molar-refractivity contribution is -0.0338. The van der Waals surface area contributed by atoms with Crippen LogP contribution in [0.3, 0.4) is 0 Å². The first-order valence-electron chi connectivity index (χ1n) is 5.30. The number of hydrogen-bond acceptors (Lipinski definition) is 3. The smallest absolute Gasteiger partial charge is 0.0601 e. The van der Waals surface area contributed by atoms with Crippen LogP contribution < -0.4 is 5.32 Å². The van der Waals surface area contributed by atoms with Crippen molar-refractivity contribution in [2.75, 3.05) is 26.7 Å². The van der Waals surface area contributed by atoms with E-state index in [2.05, 4.69) is 17.1 Å². The number of hydrogen-bond donors (Lipinski definition) is 1. The maximum atomic E-state index is 5.29. The molecule has 1 heterocycles. The third-order valence-corrected chi connectivity index (χ3v) is 3.32. The van der Waals surface area contributed by atoms with Crippen molar-refractivity contribution >= 4 is 0 Å². The maximum absolute atomic E-state index is 5.29. The standard InChI is InChI=1S/C10H20N2O/c1-8-7-12(4-3-11-8)9-5-10(6-9)13-2/h8-11H,3-7H2,1-2H3/t8-,9-,10-/m0/s1. The lowest BCUT2D eigenvalue weighted by Crippen LogP contribution is -2.57. The van der Waals surface area contributed by atoms with E-state index in [1.165, 1.54) is 25.9 Å². The largest absolute Gasteiger partial charge is 0.381 e. The molecule has 1 saturated heterocycles. The zero-order valence-corrected chi connectivity index (χ0v) is 8.62. The zero-order chi connectivity index (χ0) is 9.26. The van der Waals surface area contributed by atoms with Crippen LogP contribution in [0.15, 0.2) is 0 Å². The van der Waals surface area contributed by atoms with Crippen molar-refractivity contribution in [3.63, 3.8) is 0 Å². The van der Waals surface area contributed by atoms with Crippen molar-refractivity contribution in [2.24, 2.45) is 0 Å². The fourth-order valence-corrected chi connectivity index (χ4v) is 2.32. The second-order valence-corrected chi connectivity index (χ2v) is 4.33. The Morgan fingerprint density at radius 3 is 2.77 bits per heavy atom. The molecule has 0 bridgehead atoms. The first kappa shape index (κ1) is 9.44. The highest BCUT2D eigenvalue weighted by molar-refractivity contribution is 4.90. The van der Waals surface area contributed by atoms with Crippen molar-refractivity contribution in [1.82, 2.24) is 10.2 Å². The number of piperazine rings is 1. The Bertz CT molecular complexity index is 168. The number of ether oxygens (including phenoxy) is 1. The summed E-state index contributed by atoms with van der Waals surface area (Å²) in [6, 6.07) is 1.46. The third kappa shape index (κ3) is 2.03. The van der Waals surface area contributed by atoms with Gasteiger partial charge in [0.1, 0.15) is 0 Å². The molecule has 3 heteroatoms. The quantitative estimate of drug-likeness (QED) is 0.674. The van der Waals surface area contributed by atoms with Gasteiger partial charge >= 0.3 is 0 Å². The van der Waals surface area contributed by atoms with Crippen LogP contribution in [0.25, 0.3) is 0 Å². The van der Waals surface area contributed by atoms with Crippen molar-refractivity contribution < 1.29 is 4.74 Å². The monoisotopic (exact) mass is 184 g/mol. The molecular formula is C10H20N2O. The van der Waals surface area contributed by atoms with Gasteiger partial charge < -0.3 is 10.1 Å². The van der Waals surface area contributed by atoms with E-state index in [1.54, 1.807) is 0 Å². The number of nitrogens with one attached hydrogen (secondary N) is 1. The second kappa shape index (κ2) is 3.95. The van der Waals surface area contributed by atoms with E-state index in [4.69, 9.17) is 4.74 Å². The summed E-state index contributed by atoms with van der Waals surface area (Å²) < 4.78 is 5.29. The molecule has 0 unspecified atom stereocenters. The summed E-state index contributed by atoms with van der Waals surface area (Å²) in [5, 5.41) is 3.47. The first-order valence-corrected chi connectivity index (χ1v) is 5.30. The molecule has 0 radical (unpaired) electrons. The van der Waals surface area contributed by atoms with Crippen molar-refractivity contribution in [1.29, 1.82) is 0 Å². The molecule has 2 fully saturated rings. The Morgan fingerprint density at radius 1 is 1.38 bits per heavy atom. The van der Waals surface area contributed by atoms with Crippen molar-refractivity contribution in [3.05, 3.63) is 0 Å². The Kier molecular flexibility index (Phi) is 2.86. The third-order valence-electron chi connectivity index (χ3n) is 3.32. The van der Waals surface area contributed by atoms with Crippen LogP contribution in [0.1, 0.15) is 19.8 Å². The molecule has 76 valence electrons. The summed E-state index contributed by atoms with van der Waals surface area (Å²) in [5.74, 6) is 0. The minimum Gasteiger partial charge on any atom is -0.381 e. The van der Waals surface area contributed by atoms with Gasteiger partial charge in [0.15, 0.2) is 0 Å². The topological polar surface area (TPSA) is 24.5 Å². The predicted molar refractivity (Wildman–Crippen MR) is 52.9 cm³/mol. The summed E-state index contributed by atoms with van der Waals surface area (Å²) in [6.07, 6.45) is 3.02. The number of methoxy groups -OCH3 is 1. The summed E-state index contributed by atoms with van der Waals surface area (Å²) in [5.41, 5.74) is 0. The predicted octanol–water partition coefficient (Wildman–Crippen LogP) is 0.457. The molecule has 1 aliphatic heterocycles. The maximum Gasteiger partial charge on any atom is 0.0601 e. The highest BCUT2D eigenvalue weighted by Gasteiger charge is 2.34. The van der Waals surface area contributed by atoms with Gasteiger partial charge in [-0.15, -0.1) is 0 Å². The van der Waals surface area contributed by atoms with E-state index < -0.39 is 0 Å². The molecular weight excluding hydrogens is 164 g/mol. The molecule has 2 aliphatic rings. The van der Waals surface area contributed by atoms with Gasteiger partial charge in [0.25, 0.3) is 0 Å². The first-order chi connectivity index (χ1) is 6.29. The van der Waals surface area contributed by atoms with Gasteiger partial charge in [-0.3, -0.25) is 4.90 Å². The Labute approximate surface area is 80.4 Å². The Hall–Kier alpha value is -0.120. The van der Waals surface area contributed by atoms with Crippen molar-refractivity contribution in [2.45, 2.75) is 38.0 Å². The summed E-state index contributed by atoms with van der Waals surface area (Å²) in [4.78, 5) is 2.61. The fourth-order valence-electron chi connectivity index (χ4n) is 2.32. The average molecular weight is 184 g/mol. The molecule has 1 aliphatic carbocycles. The van der Waals surface area contributed by atoms with Crippen LogP contribution in [0.5, 0.6) is 0 Å². The molecule has 13 heavy (non-hydrogen) atoms. The summed E-state index contributed by atoms with van der Waals surface area (Å²) in [6.45, 7) is 5.83. The molecule has 0 aromatic carbocycles.